The number of alkyl halides is 3. The van der Waals surface area contributed by atoms with E-state index in [0.717, 1.165) is 24.3 Å². The van der Waals surface area contributed by atoms with E-state index in [4.69, 9.17) is 9.47 Å². The molecule has 3 atom stereocenters. The summed E-state index contributed by atoms with van der Waals surface area (Å²) in [5.41, 5.74) is -0.535. The predicted octanol–water partition coefficient (Wildman–Crippen LogP) is 4.90. The molecule has 11 nitrogen and oxygen atoms in total. The molecular weight excluding hydrogens is 629 g/mol. The zero-order valence-corrected chi connectivity index (χ0v) is 26.4. The van der Waals surface area contributed by atoms with E-state index in [0.29, 0.717) is 5.75 Å². The Hall–Kier alpha value is -4.50. The Morgan fingerprint density at radius 2 is 1.74 bits per heavy atom. The number of nitrogens with zero attached hydrogens (tertiary/aromatic N) is 2. The van der Waals surface area contributed by atoms with Crippen LogP contribution in [0.4, 0.5) is 29.3 Å². The fourth-order valence-corrected chi connectivity index (χ4v) is 5.84. The Morgan fingerprint density at radius 3 is 2.33 bits per heavy atom. The van der Waals surface area contributed by atoms with Crippen molar-refractivity contribution in [1.82, 2.24) is 9.80 Å². The molecule has 0 spiro atoms. The third-order valence-corrected chi connectivity index (χ3v) is 8.95. The summed E-state index contributed by atoms with van der Waals surface area (Å²) in [6, 6.07) is 12.9. The molecule has 0 saturated heterocycles. The number of rotatable bonds is 9. The lowest BCUT2D eigenvalue weighted by Gasteiger charge is -2.38. The molecule has 0 radical (unpaired) electrons. The maximum atomic E-state index is 13.7. The molecule has 0 unspecified atom stereocenters. The molecule has 248 valence electrons. The number of methoxy groups -OCH3 is 1. The summed E-state index contributed by atoms with van der Waals surface area (Å²) in [5, 5.41) is 12.5. The molecule has 3 aromatic rings. The van der Waals surface area contributed by atoms with Crippen LogP contribution in [0.25, 0.3) is 0 Å². The molecule has 3 aromatic carbocycles. The van der Waals surface area contributed by atoms with Crippen molar-refractivity contribution >= 4 is 33.3 Å². The lowest BCUT2D eigenvalue weighted by Crippen LogP contribution is -2.50. The van der Waals surface area contributed by atoms with Gasteiger partial charge in [0.15, 0.2) is 0 Å². The highest BCUT2D eigenvalue weighted by Gasteiger charge is 2.35. The van der Waals surface area contributed by atoms with Crippen molar-refractivity contribution in [2.75, 3.05) is 43.9 Å². The van der Waals surface area contributed by atoms with Crippen LogP contribution in [0.2, 0.25) is 0 Å². The lowest BCUT2D eigenvalue weighted by molar-refractivity contribution is -0.137. The highest BCUT2D eigenvalue weighted by molar-refractivity contribution is 7.92. The van der Waals surface area contributed by atoms with E-state index in [2.05, 4.69) is 10.0 Å². The van der Waals surface area contributed by atoms with E-state index in [9.17, 15) is 36.3 Å². The number of carbonyl (C=O) groups excluding carboxylic acids is 2. The van der Waals surface area contributed by atoms with E-state index in [-0.39, 0.29) is 53.2 Å². The number of fused-ring (bicyclic) bond motifs is 1. The van der Waals surface area contributed by atoms with E-state index in [1.54, 1.807) is 6.92 Å². The standard InChI is InChI=1S/C31H35F3N4O7S/c1-19-16-38(20(2)18-39)29(40)26-15-23(36-46(42,43)25-12-10-24(44-4)11-13-25)9-14-27(26)45-28(19)17-37(3)30(41)35-22-7-5-21(6-8-22)31(32,33)34/h5-15,19-20,28,36,39H,16-18H2,1-4H3,(H,35,41)/t19-,20-,28-/m0/s1. The van der Waals surface area contributed by atoms with Gasteiger partial charge in [-0.2, -0.15) is 13.2 Å². The van der Waals surface area contributed by atoms with Gasteiger partial charge in [-0.1, -0.05) is 6.92 Å². The molecule has 0 aromatic heterocycles. The highest BCUT2D eigenvalue weighted by atomic mass is 32.2. The third-order valence-electron chi connectivity index (χ3n) is 7.55. The van der Waals surface area contributed by atoms with Gasteiger partial charge in [-0.3, -0.25) is 9.52 Å². The minimum absolute atomic E-state index is 0.0223. The number of aliphatic hydroxyl groups excluding tert-OH is 1. The van der Waals surface area contributed by atoms with Crippen LogP contribution in [0.5, 0.6) is 11.5 Å². The quantitative estimate of drug-likeness (QED) is 0.296. The SMILES string of the molecule is COc1ccc(S(=O)(=O)Nc2ccc3c(c2)C(=O)N([C@@H](C)CO)C[C@H](C)[C@H](CN(C)C(=O)Nc2ccc(C(F)(F)F)cc2)O3)cc1. The number of amides is 3. The van der Waals surface area contributed by atoms with Crippen molar-refractivity contribution in [2.45, 2.75) is 37.1 Å². The van der Waals surface area contributed by atoms with Gasteiger partial charge in [0.05, 0.1) is 42.3 Å². The van der Waals surface area contributed by atoms with Gasteiger partial charge in [-0.05, 0) is 73.7 Å². The summed E-state index contributed by atoms with van der Waals surface area (Å²) >= 11 is 0. The van der Waals surface area contributed by atoms with Crippen LogP contribution < -0.4 is 19.5 Å². The summed E-state index contributed by atoms with van der Waals surface area (Å²) in [4.78, 5) is 29.4. The molecular formula is C31H35F3N4O7S. The summed E-state index contributed by atoms with van der Waals surface area (Å²) in [5.74, 6) is -0.213. The zero-order valence-electron chi connectivity index (χ0n) is 25.5. The van der Waals surface area contributed by atoms with E-state index in [1.807, 2.05) is 6.92 Å². The van der Waals surface area contributed by atoms with Crippen LogP contribution in [-0.4, -0.2) is 81.3 Å². The van der Waals surface area contributed by atoms with Crippen LogP contribution in [-0.2, 0) is 16.2 Å². The average molecular weight is 665 g/mol. The first-order valence-corrected chi connectivity index (χ1v) is 15.7. The maximum absolute atomic E-state index is 13.7. The number of halogens is 3. The van der Waals surface area contributed by atoms with E-state index >= 15 is 0 Å². The van der Waals surface area contributed by atoms with Gasteiger partial charge < -0.3 is 29.7 Å². The topological polar surface area (TPSA) is 138 Å². The first-order chi connectivity index (χ1) is 21.6. The fraction of sp³-hybridized carbons (Fsp3) is 0.355. The number of anilines is 2. The van der Waals surface area contributed by atoms with Crippen molar-refractivity contribution in [3.63, 3.8) is 0 Å². The Labute approximate surface area is 265 Å². The number of carbonyl (C=O) groups is 2. The zero-order chi connectivity index (χ0) is 33.8. The average Bonchev–Trinajstić information content (AvgIpc) is 3.02. The van der Waals surface area contributed by atoms with E-state index < -0.39 is 45.8 Å². The Morgan fingerprint density at radius 1 is 1.11 bits per heavy atom. The molecule has 46 heavy (non-hydrogen) atoms. The normalized spacial score (nSPS) is 17.6. The number of aliphatic hydroxyl groups is 1. The van der Waals surface area contributed by atoms with Gasteiger partial charge in [0.25, 0.3) is 15.9 Å². The number of likely N-dealkylation sites (N-methyl/N-ethyl adjacent to an activating group) is 1. The second-order valence-corrected chi connectivity index (χ2v) is 12.7. The minimum atomic E-state index is -4.51. The largest absolute Gasteiger partial charge is 0.497 e. The Kier molecular flexibility index (Phi) is 10.4. The Bertz CT molecular complexity index is 1650. The first-order valence-electron chi connectivity index (χ1n) is 14.2. The van der Waals surface area contributed by atoms with E-state index in [1.165, 1.54) is 66.4 Å². The minimum Gasteiger partial charge on any atom is -0.497 e. The van der Waals surface area contributed by atoms with Crippen molar-refractivity contribution in [1.29, 1.82) is 0 Å². The number of sulfonamides is 1. The van der Waals surface area contributed by atoms with Gasteiger partial charge in [0, 0.05) is 30.9 Å². The predicted molar refractivity (Wildman–Crippen MR) is 165 cm³/mol. The number of nitrogens with one attached hydrogen (secondary N) is 2. The summed E-state index contributed by atoms with van der Waals surface area (Å²) in [6.45, 7) is 3.31. The summed E-state index contributed by atoms with van der Waals surface area (Å²) < 4.78 is 78.6. The van der Waals surface area contributed by atoms with Crippen molar-refractivity contribution in [2.24, 2.45) is 5.92 Å². The number of benzene rings is 3. The molecule has 3 amide bonds. The number of urea groups is 1. The first kappa shape index (κ1) is 34.4. The van der Waals surface area contributed by atoms with Gasteiger partial charge in [-0.25, -0.2) is 13.2 Å². The lowest BCUT2D eigenvalue weighted by atomic mass is 9.99. The van der Waals surface area contributed by atoms with Crippen molar-refractivity contribution < 1.29 is 45.8 Å². The highest BCUT2D eigenvalue weighted by Crippen LogP contribution is 2.32. The molecule has 1 heterocycles. The molecule has 0 fully saturated rings. The van der Waals surface area contributed by atoms with Gasteiger partial charge >= 0.3 is 12.2 Å². The third kappa shape index (κ3) is 8.01. The van der Waals surface area contributed by atoms with Gasteiger partial charge in [0.2, 0.25) is 0 Å². The molecule has 4 rings (SSSR count). The van der Waals surface area contributed by atoms with Crippen LogP contribution in [0.1, 0.15) is 29.8 Å². The smallest absolute Gasteiger partial charge is 0.416 e. The van der Waals surface area contributed by atoms with Crippen LogP contribution in [0.3, 0.4) is 0 Å². The van der Waals surface area contributed by atoms with Crippen molar-refractivity contribution in [3.8, 4) is 11.5 Å². The molecule has 1 aliphatic heterocycles. The summed E-state index contributed by atoms with van der Waals surface area (Å²) in [6.07, 6.45) is -5.18. The number of hydrogen-bond donors (Lipinski definition) is 3. The Balaban J connectivity index is 1.57. The number of hydrogen-bond acceptors (Lipinski definition) is 7. The van der Waals surface area contributed by atoms with Crippen molar-refractivity contribution in [3.05, 3.63) is 77.9 Å². The molecule has 0 bridgehead atoms. The van der Waals surface area contributed by atoms with Crippen LogP contribution >= 0.6 is 0 Å². The second-order valence-electron chi connectivity index (χ2n) is 11.0. The maximum Gasteiger partial charge on any atom is 0.416 e. The fourth-order valence-electron chi connectivity index (χ4n) is 4.79. The van der Waals surface area contributed by atoms with Crippen LogP contribution in [0.15, 0.2) is 71.6 Å². The molecule has 0 aliphatic carbocycles. The summed E-state index contributed by atoms with van der Waals surface area (Å²) in [7, 11) is -1.08. The molecule has 15 heteroatoms. The van der Waals surface area contributed by atoms with Gasteiger partial charge in [0.1, 0.15) is 17.6 Å². The van der Waals surface area contributed by atoms with Gasteiger partial charge in [-0.15, -0.1) is 0 Å². The van der Waals surface area contributed by atoms with Crippen LogP contribution in [0, 0.1) is 5.92 Å². The molecule has 1 aliphatic rings. The molecule has 3 N–H and O–H groups in total. The molecule has 0 saturated carbocycles. The second kappa shape index (κ2) is 13.9. The number of ether oxygens (including phenoxy) is 2. The monoisotopic (exact) mass is 664 g/mol.